The number of benzene rings is 1. The van der Waals surface area contributed by atoms with Gasteiger partial charge in [-0.05, 0) is 30.2 Å². The molecular weight excluding hydrogens is 332 g/mol. The highest BCUT2D eigenvalue weighted by molar-refractivity contribution is 5.93. The number of rotatable bonds is 7. The highest BCUT2D eigenvalue weighted by Gasteiger charge is 2.13. The van der Waals surface area contributed by atoms with E-state index < -0.39 is 6.61 Å². The Morgan fingerprint density at radius 1 is 1.36 bits per heavy atom. The molecule has 8 heteroatoms. The number of halogens is 2. The van der Waals surface area contributed by atoms with Gasteiger partial charge in [0.25, 0.3) is 5.91 Å². The van der Waals surface area contributed by atoms with Gasteiger partial charge < -0.3 is 19.4 Å². The van der Waals surface area contributed by atoms with E-state index >= 15 is 0 Å². The van der Waals surface area contributed by atoms with Crippen LogP contribution in [0.4, 0.5) is 8.78 Å². The van der Waals surface area contributed by atoms with E-state index in [1.807, 2.05) is 6.07 Å². The van der Waals surface area contributed by atoms with Crippen LogP contribution in [0.1, 0.15) is 21.6 Å². The predicted molar refractivity (Wildman–Crippen MR) is 85.8 cm³/mol. The maximum atomic E-state index is 12.3. The Morgan fingerprint density at radius 2 is 2.12 bits per heavy atom. The lowest BCUT2D eigenvalue weighted by atomic mass is 10.1. The lowest BCUT2D eigenvalue weighted by Crippen LogP contribution is -2.27. The summed E-state index contributed by atoms with van der Waals surface area (Å²) in [4.78, 5) is 12.1. The van der Waals surface area contributed by atoms with E-state index in [4.69, 9.17) is 10.00 Å². The molecule has 6 nitrogen and oxygen atoms in total. The monoisotopic (exact) mass is 349 g/mol. The summed E-state index contributed by atoms with van der Waals surface area (Å²) in [5, 5.41) is 11.6. The topological polar surface area (TPSA) is 76.3 Å². The lowest BCUT2D eigenvalue weighted by Gasteiger charge is -2.12. The Bertz CT molecular complexity index is 797. The van der Waals surface area contributed by atoms with Crippen LogP contribution in [0.3, 0.4) is 0 Å². The lowest BCUT2D eigenvalue weighted by molar-refractivity contribution is -0.0512. The van der Waals surface area contributed by atoms with Crippen molar-refractivity contribution in [2.45, 2.75) is 13.0 Å². The molecule has 1 heterocycles. The Morgan fingerprint density at radius 3 is 2.72 bits per heavy atom. The molecule has 0 saturated carbocycles. The van der Waals surface area contributed by atoms with Crippen LogP contribution in [0.5, 0.6) is 11.5 Å². The zero-order valence-electron chi connectivity index (χ0n) is 13.8. The molecule has 1 aromatic heterocycles. The minimum Gasteiger partial charge on any atom is -0.493 e. The fourth-order valence-electron chi connectivity index (χ4n) is 2.32. The van der Waals surface area contributed by atoms with Crippen molar-refractivity contribution in [3.05, 3.63) is 47.3 Å². The van der Waals surface area contributed by atoms with Gasteiger partial charge in [-0.1, -0.05) is 6.07 Å². The van der Waals surface area contributed by atoms with Gasteiger partial charge in [0, 0.05) is 19.8 Å². The standard InChI is InChI=1S/C17H17F2N3O3/c1-22-10-12(9-20)7-13(22)16(23)21-6-5-11-3-4-14(25-17(18)19)15(8-11)24-2/h3-4,7-8,10,17H,5-6H2,1-2H3,(H,21,23). The third-order valence-electron chi connectivity index (χ3n) is 3.51. The van der Waals surface area contributed by atoms with Gasteiger partial charge in [0.1, 0.15) is 11.8 Å². The number of methoxy groups -OCH3 is 1. The molecule has 2 rings (SSSR count). The summed E-state index contributed by atoms with van der Waals surface area (Å²) in [6.07, 6.45) is 2.05. The number of nitrogens with zero attached hydrogens (tertiary/aromatic N) is 2. The Labute approximate surface area is 143 Å². The Kier molecular flexibility index (Phi) is 5.95. The van der Waals surface area contributed by atoms with Gasteiger partial charge in [0.15, 0.2) is 11.5 Å². The summed E-state index contributed by atoms with van der Waals surface area (Å²) < 4.78 is 35.6. The first-order valence-corrected chi connectivity index (χ1v) is 7.41. The summed E-state index contributed by atoms with van der Waals surface area (Å²) in [6, 6.07) is 8.10. The Hall–Kier alpha value is -3.08. The summed E-state index contributed by atoms with van der Waals surface area (Å²) >= 11 is 0. The molecule has 0 aliphatic heterocycles. The average Bonchev–Trinajstić information content (AvgIpc) is 2.96. The number of ether oxygens (including phenoxy) is 2. The fraction of sp³-hybridized carbons (Fsp3) is 0.294. The highest BCUT2D eigenvalue weighted by Crippen LogP contribution is 2.29. The van der Waals surface area contributed by atoms with Crippen molar-refractivity contribution >= 4 is 5.91 Å². The van der Waals surface area contributed by atoms with Gasteiger partial charge in [0.2, 0.25) is 0 Å². The first kappa shape index (κ1) is 18.3. The third kappa shape index (κ3) is 4.70. The Balaban J connectivity index is 1.96. The second-order valence-electron chi connectivity index (χ2n) is 5.21. The first-order chi connectivity index (χ1) is 11.9. The number of nitrogens with one attached hydrogen (secondary N) is 1. The molecule has 0 saturated heterocycles. The molecule has 25 heavy (non-hydrogen) atoms. The van der Waals surface area contributed by atoms with Crippen LogP contribution < -0.4 is 14.8 Å². The van der Waals surface area contributed by atoms with Crippen LogP contribution in [0, 0.1) is 11.3 Å². The van der Waals surface area contributed by atoms with E-state index in [2.05, 4.69) is 10.1 Å². The zero-order chi connectivity index (χ0) is 18.4. The number of hydrogen-bond donors (Lipinski definition) is 1. The number of nitriles is 1. The normalized spacial score (nSPS) is 10.4. The molecule has 1 N–H and O–H groups in total. The number of aromatic nitrogens is 1. The summed E-state index contributed by atoms with van der Waals surface area (Å²) in [6.45, 7) is -2.59. The minimum absolute atomic E-state index is 0.0434. The van der Waals surface area contributed by atoms with E-state index in [1.54, 1.807) is 29.9 Å². The van der Waals surface area contributed by atoms with Crippen molar-refractivity contribution in [3.63, 3.8) is 0 Å². The van der Waals surface area contributed by atoms with Gasteiger partial charge in [0.05, 0.1) is 12.7 Å². The first-order valence-electron chi connectivity index (χ1n) is 7.41. The molecule has 132 valence electrons. The molecule has 0 atom stereocenters. The molecular formula is C17H17F2N3O3. The van der Waals surface area contributed by atoms with E-state index in [1.165, 1.54) is 19.2 Å². The predicted octanol–water partition coefficient (Wildman–Crippen LogP) is 2.48. The molecule has 0 aliphatic carbocycles. The van der Waals surface area contributed by atoms with Crippen LogP contribution in [0.2, 0.25) is 0 Å². The van der Waals surface area contributed by atoms with E-state index in [0.717, 1.165) is 5.56 Å². The van der Waals surface area contributed by atoms with Crippen molar-refractivity contribution in [2.24, 2.45) is 7.05 Å². The summed E-state index contributed by atoms with van der Waals surface area (Å²) in [5.74, 6) is -0.142. The second kappa shape index (κ2) is 8.15. The smallest absolute Gasteiger partial charge is 0.387 e. The largest absolute Gasteiger partial charge is 0.493 e. The molecule has 0 radical (unpaired) electrons. The quantitative estimate of drug-likeness (QED) is 0.833. The average molecular weight is 349 g/mol. The SMILES string of the molecule is COc1cc(CCNC(=O)c2cc(C#N)cn2C)ccc1OC(F)F. The van der Waals surface area contributed by atoms with Crippen molar-refractivity contribution in [2.75, 3.05) is 13.7 Å². The zero-order valence-corrected chi connectivity index (χ0v) is 13.8. The molecule has 0 bridgehead atoms. The second-order valence-corrected chi connectivity index (χ2v) is 5.21. The summed E-state index contributed by atoms with van der Waals surface area (Å²) in [7, 11) is 3.05. The van der Waals surface area contributed by atoms with Gasteiger partial charge >= 0.3 is 6.61 Å². The third-order valence-corrected chi connectivity index (χ3v) is 3.51. The molecule has 1 aromatic carbocycles. The van der Waals surface area contributed by atoms with Crippen LogP contribution >= 0.6 is 0 Å². The van der Waals surface area contributed by atoms with Gasteiger partial charge in [-0.3, -0.25) is 4.79 Å². The molecule has 0 aliphatic rings. The maximum Gasteiger partial charge on any atom is 0.387 e. The van der Waals surface area contributed by atoms with Crippen molar-refractivity contribution in [1.82, 2.24) is 9.88 Å². The van der Waals surface area contributed by atoms with Gasteiger partial charge in [-0.25, -0.2) is 0 Å². The van der Waals surface area contributed by atoms with Crippen LogP contribution in [-0.4, -0.2) is 30.7 Å². The van der Waals surface area contributed by atoms with E-state index in [0.29, 0.717) is 24.2 Å². The van der Waals surface area contributed by atoms with Crippen molar-refractivity contribution in [1.29, 1.82) is 5.26 Å². The summed E-state index contributed by atoms with van der Waals surface area (Å²) in [5.41, 5.74) is 1.59. The van der Waals surface area contributed by atoms with Crippen molar-refractivity contribution in [3.8, 4) is 17.6 Å². The molecule has 0 fully saturated rings. The number of carbonyl (C=O) groups is 1. The molecule has 0 unspecified atom stereocenters. The fourth-order valence-corrected chi connectivity index (χ4v) is 2.32. The number of carbonyl (C=O) groups excluding carboxylic acids is 1. The minimum atomic E-state index is -2.93. The highest BCUT2D eigenvalue weighted by atomic mass is 19.3. The molecule has 1 amide bonds. The van der Waals surface area contributed by atoms with E-state index in [9.17, 15) is 13.6 Å². The van der Waals surface area contributed by atoms with E-state index in [-0.39, 0.29) is 17.4 Å². The van der Waals surface area contributed by atoms with Crippen LogP contribution in [0.25, 0.3) is 0 Å². The number of amides is 1. The van der Waals surface area contributed by atoms with Gasteiger partial charge in [-0.2, -0.15) is 14.0 Å². The van der Waals surface area contributed by atoms with Gasteiger partial charge in [-0.15, -0.1) is 0 Å². The van der Waals surface area contributed by atoms with Crippen LogP contribution in [0.15, 0.2) is 30.5 Å². The number of alkyl halides is 2. The molecule has 2 aromatic rings. The molecule has 0 spiro atoms. The van der Waals surface area contributed by atoms with Crippen LogP contribution in [-0.2, 0) is 13.5 Å². The maximum absolute atomic E-state index is 12.3. The van der Waals surface area contributed by atoms with Crippen molar-refractivity contribution < 1.29 is 23.0 Å². The number of aryl methyl sites for hydroxylation is 1. The number of hydrogen-bond acceptors (Lipinski definition) is 4.